The summed E-state index contributed by atoms with van der Waals surface area (Å²) in [5.74, 6) is -0.862. The van der Waals surface area contributed by atoms with E-state index >= 15 is 0 Å². The van der Waals surface area contributed by atoms with E-state index in [1.165, 1.54) is 0 Å². The Bertz CT molecular complexity index is 215. The number of hydrogen-bond donors (Lipinski definition) is 4. The molecule has 0 aromatic rings. The van der Waals surface area contributed by atoms with Crippen LogP contribution in [0.25, 0.3) is 0 Å². The lowest BCUT2D eigenvalue weighted by atomic mass is 10.7. The summed E-state index contributed by atoms with van der Waals surface area (Å²) >= 11 is 5.39. The van der Waals surface area contributed by atoms with Crippen LogP contribution < -0.4 is 15.5 Å². The number of carbonyl (C=O) groups is 1. The number of hydrogen-bond acceptors (Lipinski definition) is 3. The number of carboxylic acids is 1. The van der Waals surface area contributed by atoms with E-state index in [2.05, 4.69) is 15.5 Å². The quantitative estimate of drug-likeness (QED) is 0.452. The van der Waals surface area contributed by atoms with Gasteiger partial charge in [0, 0.05) is 0 Å². The molecule has 0 aliphatic carbocycles. The molecule has 0 saturated heterocycles. The molecule has 7 heteroatoms. The molecule has 0 spiro atoms. The van der Waals surface area contributed by atoms with Crippen LogP contribution in [0.3, 0.4) is 0 Å². The van der Waals surface area contributed by atoms with E-state index in [4.69, 9.17) is 16.9 Å². The molecule has 0 fully saturated rings. The fraction of sp³-hybridized carbons (Fsp3) is 0.857. The van der Waals surface area contributed by atoms with Crippen molar-refractivity contribution in [2.75, 3.05) is 25.9 Å². The minimum Gasteiger partial charge on any atom is -0.480 e. The van der Waals surface area contributed by atoms with Crippen LogP contribution in [0.2, 0.25) is 0 Å². The van der Waals surface area contributed by atoms with Crippen LogP contribution in [-0.4, -0.2) is 37.0 Å². The molecule has 0 amide bonds. The average Bonchev–Trinajstić information content (AvgIpc) is 2.03. The molecule has 0 radical (unpaired) electrons. The lowest BCUT2D eigenvalue weighted by molar-refractivity contribution is -0.135. The van der Waals surface area contributed by atoms with Gasteiger partial charge in [0.15, 0.2) is 0 Å². The van der Waals surface area contributed by atoms with Gasteiger partial charge in [0.1, 0.15) is 0 Å². The van der Waals surface area contributed by atoms with Crippen molar-refractivity contribution in [3.05, 3.63) is 0 Å². The van der Waals surface area contributed by atoms with Gasteiger partial charge >= 0.3 is 5.97 Å². The van der Waals surface area contributed by atoms with Gasteiger partial charge in [0.2, 0.25) is 0 Å². The largest absolute Gasteiger partial charge is 0.480 e. The summed E-state index contributed by atoms with van der Waals surface area (Å²) in [6, 6.07) is 0. The molecule has 0 bridgehead atoms. The molecular weight excluding hydrogens is 221 g/mol. The molecule has 14 heavy (non-hydrogen) atoms. The average molecular weight is 239 g/mol. The van der Waals surface area contributed by atoms with Gasteiger partial charge in [-0.25, -0.2) is 0 Å². The van der Waals surface area contributed by atoms with Crippen molar-refractivity contribution in [3.63, 3.8) is 0 Å². The smallest absolute Gasteiger partial charge is 0.317 e. The van der Waals surface area contributed by atoms with Crippen LogP contribution >= 0.6 is 6.34 Å². The van der Waals surface area contributed by atoms with E-state index in [9.17, 15) is 4.79 Å². The van der Waals surface area contributed by atoms with Crippen molar-refractivity contribution in [2.45, 2.75) is 13.8 Å². The Hall–Kier alpha value is -0.0000000000000000763. The molecule has 4 N–H and O–H groups in total. The molecule has 0 unspecified atom stereocenters. The predicted octanol–water partition coefficient (Wildman–Crippen LogP) is 0.147. The van der Waals surface area contributed by atoms with Crippen molar-refractivity contribution < 1.29 is 9.90 Å². The summed E-state index contributed by atoms with van der Waals surface area (Å²) in [5.41, 5.74) is 0. The summed E-state index contributed by atoms with van der Waals surface area (Å²) in [5, 5.41) is 17.6. The summed E-state index contributed by atoms with van der Waals surface area (Å²) in [6.45, 7) is 5.50. The first-order chi connectivity index (χ1) is 6.54. The molecule has 0 aromatic heterocycles. The van der Waals surface area contributed by atoms with E-state index in [0.717, 1.165) is 13.1 Å². The minimum absolute atomic E-state index is 0.0464. The molecule has 0 aliphatic rings. The first kappa shape index (κ1) is 14.0. The van der Waals surface area contributed by atoms with Gasteiger partial charge in [-0.15, -0.1) is 0 Å². The fourth-order valence-corrected chi connectivity index (χ4v) is 3.83. The van der Waals surface area contributed by atoms with Crippen LogP contribution in [0.15, 0.2) is 0 Å². The van der Waals surface area contributed by atoms with Crippen LogP contribution in [0, 0.1) is 0 Å². The summed E-state index contributed by atoms with van der Waals surface area (Å²) < 4.78 is 0. The van der Waals surface area contributed by atoms with E-state index in [1.54, 1.807) is 0 Å². The number of aliphatic carboxylic acids is 1. The summed E-state index contributed by atoms with van der Waals surface area (Å²) in [6.07, 6.45) is -1.31. The highest BCUT2D eigenvalue weighted by Crippen LogP contribution is 2.33. The van der Waals surface area contributed by atoms with E-state index in [1.807, 2.05) is 13.8 Å². The van der Waals surface area contributed by atoms with Crippen LogP contribution in [0.5, 0.6) is 0 Å². The number of carboxylic acid groups (broad SMARTS) is 1. The second-order valence-electron chi connectivity index (χ2n) is 2.74. The van der Waals surface area contributed by atoms with E-state index in [-0.39, 0.29) is 6.54 Å². The van der Waals surface area contributed by atoms with Crippen LogP contribution in [-0.2, 0) is 16.6 Å². The third-order valence-electron chi connectivity index (χ3n) is 1.44. The Morgan fingerprint density at radius 1 is 1.36 bits per heavy atom. The molecule has 84 valence electrons. The maximum absolute atomic E-state index is 10.3. The number of rotatable bonds is 8. The molecule has 5 nitrogen and oxygen atoms in total. The zero-order chi connectivity index (χ0) is 11.0. The Labute approximate surface area is 89.8 Å². The SMILES string of the molecule is CCNP(=S)(CNCC(=O)O)NCC. The third kappa shape index (κ3) is 6.45. The minimum atomic E-state index is -1.82. The molecule has 0 saturated carbocycles. The highest BCUT2D eigenvalue weighted by atomic mass is 32.4. The predicted molar refractivity (Wildman–Crippen MR) is 62.1 cm³/mol. The highest BCUT2D eigenvalue weighted by molar-refractivity contribution is 8.12. The molecule has 0 rings (SSSR count). The Morgan fingerprint density at radius 2 is 1.86 bits per heavy atom. The lowest BCUT2D eigenvalue weighted by Crippen LogP contribution is -2.32. The summed E-state index contributed by atoms with van der Waals surface area (Å²) in [4.78, 5) is 10.3. The van der Waals surface area contributed by atoms with Crippen LogP contribution in [0.1, 0.15) is 13.8 Å². The third-order valence-corrected chi connectivity index (χ3v) is 4.92. The summed E-state index contributed by atoms with van der Waals surface area (Å²) in [7, 11) is 0. The van der Waals surface area contributed by atoms with Crippen LogP contribution in [0.4, 0.5) is 0 Å². The molecular formula is C7H18N3O2PS. The first-order valence-corrected chi connectivity index (χ1v) is 7.54. The zero-order valence-corrected chi connectivity index (χ0v) is 10.3. The van der Waals surface area contributed by atoms with Gasteiger partial charge < -0.3 is 5.11 Å². The molecule has 0 aromatic carbocycles. The van der Waals surface area contributed by atoms with E-state index < -0.39 is 12.3 Å². The Kier molecular flexibility index (Phi) is 7.31. The maximum Gasteiger partial charge on any atom is 0.317 e. The molecule has 0 atom stereocenters. The second kappa shape index (κ2) is 7.31. The highest BCUT2D eigenvalue weighted by Gasteiger charge is 2.13. The standard InChI is InChI=1S/C7H18N3O2PS/c1-3-9-13(14,10-4-2)6-8-5-7(11)12/h8H,3-6H2,1-2H3,(H,11,12)(H2,9,10,14). The topological polar surface area (TPSA) is 73.4 Å². The van der Waals surface area contributed by atoms with Gasteiger partial charge in [-0.3, -0.25) is 20.3 Å². The maximum atomic E-state index is 10.3. The zero-order valence-electron chi connectivity index (χ0n) is 8.54. The van der Waals surface area contributed by atoms with Crippen molar-refractivity contribution in [1.29, 1.82) is 0 Å². The second-order valence-corrected chi connectivity index (χ2v) is 7.04. The van der Waals surface area contributed by atoms with Crippen molar-refractivity contribution >= 4 is 24.1 Å². The van der Waals surface area contributed by atoms with Gasteiger partial charge in [-0.2, -0.15) is 0 Å². The van der Waals surface area contributed by atoms with Crippen molar-refractivity contribution in [3.8, 4) is 0 Å². The lowest BCUT2D eigenvalue weighted by Gasteiger charge is -2.23. The Morgan fingerprint density at radius 3 is 2.21 bits per heavy atom. The van der Waals surface area contributed by atoms with Gasteiger partial charge in [0.05, 0.1) is 19.2 Å². The fourth-order valence-electron chi connectivity index (χ4n) is 0.999. The molecule has 0 aliphatic heterocycles. The van der Waals surface area contributed by atoms with Gasteiger partial charge in [-0.1, -0.05) is 25.7 Å². The normalized spacial score (nSPS) is 11.6. The van der Waals surface area contributed by atoms with Gasteiger partial charge in [-0.05, 0) is 13.1 Å². The van der Waals surface area contributed by atoms with Gasteiger partial charge in [0.25, 0.3) is 0 Å². The van der Waals surface area contributed by atoms with E-state index in [0.29, 0.717) is 6.29 Å². The number of nitrogens with one attached hydrogen (secondary N) is 3. The van der Waals surface area contributed by atoms with Crippen molar-refractivity contribution in [1.82, 2.24) is 15.5 Å². The monoisotopic (exact) mass is 239 g/mol. The first-order valence-electron chi connectivity index (χ1n) is 4.56. The van der Waals surface area contributed by atoms with Crippen molar-refractivity contribution in [2.24, 2.45) is 0 Å². The Balaban J connectivity index is 3.96. The molecule has 0 heterocycles.